The molecule has 1 aliphatic carbocycles. The molecule has 16 heavy (non-hydrogen) atoms. The van der Waals surface area contributed by atoms with Crippen LogP contribution in [0.25, 0.3) is 0 Å². The minimum absolute atomic E-state index is 0.231. The number of carbonyl (C=O) groups is 1. The quantitative estimate of drug-likeness (QED) is 0.740. The van der Waals surface area contributed by atoms with Gasteiger partial charge in [0, 0.05) is 13.0 Å². The third-order valence-corrected chi connectivity index (χ3v) is 3.69. The molecular formula is C11H18N2O2S. The fraction of sp³-hybridized carbons (Fsp3) is 0.818. The van der Waals surface area contributed by atoms with Crippen LogP contribution in [-0.4, -0.2) is 41.6 Å². The van der Waals surface area contributed by atoms with E-state index in [2.05, 4.69) is 0 Å². The Bertz CT molecular complexity index is 292. The molecule has 0 aromatic rings. The second kappa shape index (κ2) is 5.10. The van der Waals surface area contributed by atoms with Gasteiger partial charge in [-0.25, -0.2) is 0 Å². The Kier molecular flexibility index (Phi) is 3.76. The van der Waals surface area contributed by atoms with Crippen molar-refractivity contribution in [2.24, 2.45) is 11.7 Å². The van der Waals surface area contributed by atoms with Gasteiger partial charge >= 0.3 is 0 Å². The molecule has 0 aromatic heterocycles. The first-order valence-electron chi connectivity index (χ1n) is 5.85. The van der Waals surface area contributed by atoms with E-state index in [-0.39, 0.29) is 12.0 Å². The van der Waals surface area contributed by atoms with Crippen molar-refractivity contribution in [1.82, 2.24) is 4.90 Å². The molecule has 1 atom stereocenters. The van der Waals surface area contributed by atoms with E-state index in [1.165, 1.54) is 19.3 Å². The van der Waals surface area contributed by atoms with Crippen LogP contribution in [0, 0.1) is 5.92 Å². The zero-order valence-electron chi connectivity index (χ0n) is 9.35. The molecular weight excluding hydrogens is 224 g/mol. The van der Waals surface area contributed by atoms with E-state index >= 15 is 0 Å². The highest BCUT2D eigenvalue weighted by molar-refractivity contribution is 7.80. The average Bonchev–Trinajstić information content (AvgIpc) is 2.23. The average molecular weight is 242 g/mol. The Morgan fingerprint density at radius 3 is 2.81 bits per heavy atom. The van der Waals surface area contributed by atoms with E-state index < -0.39 is 0 Å². The zero-order valence-corrected chi connectivity index (χ0v) is 10.2. The summed E-state index contributed by atoms with van der Waals surface area (Å²) in [5.41, 5.74) is 5.54. The molecule has 0 bridgehead atoms. The first-order valence-corrected chi connectivity index (χ1v) is 6.26. The standard InChI is InChI=1S/C11H18N2O2S/c12-11(16)9-7-13(4-5-15-9)10(14)6-8-2-1-3-8/h8-9H,1-7H2,(H2,12,16). The lowest BCUT2D eigenvalue weighted by molar-refractivity contribution is -0.138. The molecule has 2 fully saturated rings. The SMILES string of the molecule is NC(=S)C1CN(C(=O)CC2CCC2)CCO1. The first-order chi connectivity index (χ1) is 7.66. The molecule has 5 heteroatoms. The van der Waals surface area contributed by atoms with Crippen LogP contribution in [0.3, 0.4) is 0 Å². The van der Waals surface area contributed by atoms with Gasteiger partial charge in [-0.1, -0.05) is 18.6 Å². The van der Waals surface area contributed by atoms with Gasteiger partial charge in [-0.3, -0.25) is 4.79 Å². The minimum Gasteiger partial charge on any atom is -0.391 e. The number of carbonyl (C=O) groups excluding carboxylic acids is 1. The van der Waals surface area contributed by atoms with Gasteiger partial charge in [-0.15, -0.1) is 0 Å². The summed E-state index contributed by atoms with van der Waals surface area (Å²) in [6.45, 7) is 1.74. The monoisotopic (exact) mass is 242 g/mol. The Morgan fingerprint density at radius 1 is 1.50 bits per heavy atom. The zero-order chi connectivity index (χ0) is 11.5. The molecule has 2 rings (SSSR count). The number of amides is 1. The van der Waals surface area contributed by atoms with Crippen LogP contribution in [0.5, 0.6) is 0 Å². The van der Waals surface area contributed by atoms with Gasteiger partial charge in [-0.05, 0) is 18.8 Å². The molecule has 1 unspecified atom stereocenters. The molecule has 4 nitrogen and oxygen atoms in total. The van der Waals surface area contributed by atoms with Crippen molar-refractivity contribution in [2.75, 3.05) is 19.7 Å². The van der Waals surface area contributed by atoms with Crippen molar-refractivity contribution in [3.63, 3.8) is 0 Å². The molecule has 1 aliphatic heterocycles. The molecule has 90 valence electrons. The normalized spacial score (nSPS) is 26.2. The summed E-state index contributed by atoms with van der Waals surface area (Å²) in [7, 11) is 0. The predicted molar refractivity (Wildman–Crippen MR) is 65.1 cm³/mol. The largest absolute Gasteiger partial charge is 0.391 e. The van der Waals surface area contributed by atoms with Gasteiger partial charge in [0.15, 0.2) is 0 Å². The number of hydrogen-bond acceptors (Lipinski definition) is 3. The van der Waals surface area contributed by atoms with Crippen LogP contribution in [0.15, 0.2) is 0 Å². The van der Waals surface area contributed by atoms with Gasteiger partial charge in [0.1, 0.15) is 11.1 Å². The van der Waals surface area contributed by atoms with E-state index in [9.17, 15) is 4.79 Å². The fourth-order valence-electron chi connectivity index (χ4n) is 2.12. The highest BCUT2D eigenvalue weighted by atomic mass is 32.1. The highest BCUT2D eigenvalue weighted by Gasteiger charge is 2.28. The molecule has 1 amide bonds. The maximum absolute atomic E-state index is 12.0. The second-order valence-corrected chi connectivity index (χ2v) is 5.07. The molecule has 1 saturated heterocycles. The van der Waals surface area contributed by atoms with E-state index in [0.717, 1.165) is 0 Å². The molecule has 2 N–H and O–H groups in total. The van der Waals surface area contributed by atoms with Gasteiger partial charge in [0.05, 0.1) is 13.2 Å². The topological polar surface area (TPSA) is 55.6 Å². The minimum atomic E-state index is -0.255. The maximum Gasteiger partial charge on any atom is 0.223 e. The maximum atomic E-state index is 12.0. The predicted octanol–water partition coefficient (Wildman–Crippen LogP) is 0.690. The number of rotatable bonds is 3. The second-order valence-electron chi connectivity index (χ2n) is 4.60. The molecule has 2 aliphatic rings. The van der Waals surface area contributed by atoms with Crippen molar-refractivity contribution >= 4 is 23.1 Å². The lowest BCUT2D eigenvalue weighted by Crippen LogP contribution is -2.50. The number of thiocarbonyl (C=S) groups is 1. The van der Waals surface area contributed by atoms with Gasteiger partial charge in [-0.2, -0.15) is 0 Å². The van der Waals surface area contributed by atoms with Crippen LogP contribution >= 0.6 is 12.2 Å². The smallest absolute Gasteiger partial charge is 0.223 e. The third kappa shape index (κ3) is 2.71. The summed E-state index contributed by atoms with van der Waals surface area (Å²) >= 11 is 4.89. The van der Waals surface area contributed by atoms with E-state index in [0.29, 0.717) is 37.0 Å². The summed E-state index contributed by atoms with van der Waals surface area (Å²) in [4.78, 5) is 14.1. The van der Waals surface area contributed by atoms with Crippen molar-refractivity contribution in [3.8, 4) is 0 Å². The Balaban J connectivity index is 1.83. The third-order valence-electron chi connectivity index (χ3n) is 3.42. The number of nitrogens with zero attached hydrogens (tertiary/aromatic N) is 1. The Labute approximate surface area is 101 Å². The number of ether oxygens (including phenoxy) is 1. The number of nitrogens with two attached hydrogens (primary N) is 1. The van der Waals surface area contributed by atoms with E-state index in [4.69, 9.17) is 22.7 Å². The number of hydrogen-bond donors (Lipinski definition) is 1. The van der Waals surface area contributed by atoms with Crippen molar-refractivity contribution in [3.05, 3.63) is 0 Å². The summed E-state index contributed by atoms with van der Waals surface area (Å²) in [5, 5.41) is 0. The fourth-order valence-corrected chi connectivity index (χ4v) is 2.26. The lowest BCUT2D eigenvalue weighted by Gasteiger charge is -2.34. The summed E-state index contributed by atoms with van der Waals surface area (Å²) in [5.74, 6) is 0.841. The van der Waals surface area contributed by atoms with Crippen molar-refractivity contribution < 1.29 is 9.53 Å². The van der Waals surface area contributed by atoms with Crippen molar-refractivity contribution in [2.45, 2.75) is 31.8 Å². The molecule has 1 heterocycles. The van der Waals surface area contributed by atoms with Crippen LogP contribution in [0.2, 0.25) is 0 Å². The lowest BCUT2D eigenvalue weighted by atomic mass is 9.82. The van der Waals surface area contributed by atoms with Gasteiger partial charge < -0.3 is 15.4 Å². The van der Waals surface area contributed by atoms with Gasteiger partial charge in [0.2, 0.25) is 5.91 Å². The molecule has 0 radical (unpaired) electrons. The summed E-state index contributed by atoms with van der Waals surface area (Å²) in [6, 6.07) is 0. The van der Waals surface area contributed by atoms with Crippen LogP contribution in [-0.2, 0) is 9.53 Å². The summed E-state index contributed by atoms with van der Waals surface area (Å²) < 4.78 is 5.40. The summed E-state index contributed by atoms with van der Waals surface area (Å²) in [6.07, 6.45) is 4.11. The van der Waals surface area contributed by atoms with Crippen LogP contribution in [0.4, 0.5) is 0 Å². The van der Waals surface area contributed by atoms with Gasteiger partial charge in [0.25, 0.3) is 0 Å². The van der Waals surface area contributed by atoms with Crippen LogP contribution < -0.4 is 5.73 Å². The van der Waals surface area contributed by atoms with E-state index in [1.807, 2.05) is 4.90 Å². The van der Waals surface area contributed by atoms with Crippen LogP contribution in [0.1, 0.15) is 25.7 Å². The Morgan fingerprint density at radius 2 is 2.25 bits per heavy atom. The molecule has 0 spiro atoms. The molecule has 1 saturated carbocycles. The highest BCUT2D eigenvalue weighted by Crippen LogP contribution is 2.30. The molecule has 0 aromatic carbocycles. The number of morpholine rings is 1. The first kappa shape index (κ1) is 11.8. The van der Waals surface area contributed by atoms with E-state index in [1.54, 1.807) is 0 Å². The van der Waals surface area contributed by atoms with Crippen molar-refractivity contribution in [1.29, 1.82) is 0 Å². The Hall–Kier alpha value is -0.680.